The van der Waals surface area contributed by atoms with Crippen LogP contribution in [0.15, 0.2) is 29.2 Å². The van der Waals surface area contributed by atoms with E-state index < -0.39 is 10.0 Å². The van der Waals surface area contributed by atoms with E-state index in [1.54, 1.807) is 12.1 Å². The van der Waals surface area contributed by atoms with E-state index in [2.05, 4.69) is 17.6 Å². The molecule has 10 heteroatoms. The van der Waals surface area contributed by atoms with Crippen LogP contribution in [0, 0.1) is 12.8 Å². The summed E-state index contributed by atoms with van der Waals surface area (Å²) in [5, 5.41) is 6.43. The van der Waals surface area contributed by atoms with Crippen molar-refractivity contribution in [1.29, 1.82) is 0 Å². The van der Waals surface area contributed by atoms with Gasteiger partial charge in [0.2, 0.25) is 15.9 Å². The lowest BCUT2D eigenvalue weighted by Crippen LogP contribution is -2.54. The molecular formula is C19H32Cl2N4O3S. The summed E-state index contributed by atoms with van der Waals surface area (Å²) in [6.45, 7) is 8.19. The van der Waals surface area contributed by atoms with Gasteiger partial charge in [0.15, 0.2) is 0 Å². The zero-order valence-corrected chi connectivity index (χ0v) is 19.4. The van der Waals surface area contributed by atoms with Crippen LogP contribution in [-0.2, 0) is 14.8 Å². The van der Waals surface area contributed by atoms with Crippen molar-refractivity contribution >= 4 is 40.7 Å². The van der Waals surface area contributed by atoms with Gasteiger partial charge in [-0.3, -0.25) is 9.69 Å². The van der Waals surface area contributed by atoms with Crippen molar-refractivity contribution < 1.29 is 13.2 Å². The monoisotopic (exact) mass is 466 g/mol. The number of nitrogens with one attached hydrogen (secondary N) is 2. The van der Waals surface area contributed by atoms with Crippen molar-refractivity contribution in [2.75, 3.05) is 45.8 Å². The van der Waals surface area contributed by atoms with Gasteiger partial charge in [-0.1, -0.05) is 24.6 Å². The van der Waals surface area contributed by atoms with Gasteiger partial charge >= 0.3 is 0 Å². The largest absolute Gasteiger partial charge is 0.351 e. The number of carbonyl (C=O) groups excluding carboxylic acids is 1. The Bertz CT molecular complexity index is 753. The molecule has 166 valence electrons. The summed E-state index contributed by atoms with van der Waals surface area (Å²) in [6.07, 6.45) is 1.07. The highest BCUT2D eigenvalue weighted by molar-refractivity contribution is 7.89. The molecule has 2 heterocycles. The van der Waals surface area contributed by atoms with Crippen LogP contribution in [0.2, 0.25) is 0 Å². The molecule has 2 aliphatic heterocycles. The number of benzene rings is 1. The van der Waals surface area contributed by atoms with Crippen LogP contribution >= 0.6 is 24.8 Å². The molecule has 1 aromatic carbocycles. The predicted octanol–water partition coefficient (Wildman–Crippen LogP) is 1.26. The molecule has 0 aliphatic carbocycles. The molecule has 2 saturated heterocycles. The summed E-state index contributed by atoms with van der Waals surface area (Å²) < 4.78 is 27.0. The van der Waals surface area contributed by atoms with E-state index in [4.69, 9.17) is 0 Å². The second kappa shape index (κ2) is 11.5. The fraction of sp³-hybridized carbons (Fsp3) is 0.632. The van der Waals surface area contributed by atoms with E-state index in [0.717, 1.165) is 25.1 Å². The zero-order valence-electron chi connectivity index (χ0n) is 17.0. The number of aryl methyl sites for hydroxylation is 1. The second-order valence-corrected chi connectivity index (χ2v) is 9.58. The Labute approximate surface area is 186 Å². The maximum atomic E-state index is 12.7. The molecule has 2 unspecified atom stereocenters. The first-order chi connectivity index (χ1) is 12.9. The van der Waals surface area contributed by atoms with Crippen molar-refractivity contribution in [3.8, 4) is 0 Å². The molecule has 0 radical (unpaired) electrons. The highest BCUT2D eigenvalue weighted by Crippen LogP contribution is 2.18. The van der Waals surface area contributed by atoms with Crippen LogP contribution in [0.3, 0.4) is 0 Å². The molecule has 0 bridgehead atoms. The molecule has 1 aromatic rings. The minimum atomic E-state index is -3.46. The summed E-state index contributed by atoms with van der Waals surface area (Å²) >= 11 is 0. The van der Waals surface area contributed by atoms with E-state index in [1.807, 2.05) is 24.0 Å². The van der Waals surface area contributed by atoms with Crippen LogP contribution < -0.4 is 10.6 Å². The molecule has 2 aliphatic rings. The first-order valence-electron chi connectivity index (χ1n) is 9.65. The minimum absolute atomic E-state index is 0. The van der Waals surface area contributed by atoms with Gasteiger partial charge in [0.05, 0.1) is 11.4 Å². The number of hydrogen-bond acceptors (Lipinski definition) is 5. The third-order valence-electron chi connectivity index (χ3n) is 5.53. The van der Waals surface area contributed by atoms with Gasteiger partial charge in [-0.05, 0) is 37.9 Å². The van der Waals surface area contributed by atoms with Crippen molar-refractivity contribution in [3.05, 3.63) is 29.8 Å². The number of rotatable bonds is 5. The number of hydrogen-bond donors (Lipinski definition) is 2. The molecule has 0 aromatic heterocycles. The van der Waals surface area contributed by atoms with E-state index in [1.165, 1.54) is 4.31 Å². The normalized spacial score (nSPS) is 23.5. The number of amides is 1. The van der Waals surface area contributed by atoms with Gasteiger partial charge in [0, 0.05) is 38.8 Å². The average molecular weight is 467 g/mol. The molecule has 2 fully saturated rings. The standard InChI is InChI=1S/C19H30N4O3S.2ClH/c1-15-3-5-17(6-4-15)27(25,26)23-11-9-22(10-12-23)14-19(24)21-18-13-20-8-7-16(18)2;;/h3-6,16,18,20H,7-14H2,1-2H3,(H,21,24);2*1H. The van der Waals surface area contributed by atoms with Crippen molar-refractivity contribution in [3.63, 3.8) is 0 Å². The number of carbonyl (C=O) groups is 1. The Kier molecular flexibility index (Phi) is 10.3. The molecular weight excluding hydrogens is 435 g/mol. The third-order valence-corrected chi connectivity index (χ3v) is 7.44. The smallest absolute Gasteiger partial charge is 0.243 e. The van der Waals surface area contributed by atoms with Crippen molar-refractivity contribution in [1.82, 2.24) is 19.8 Å². The highest BCUT2D eigenvalue weighted by atomic mass is 35.5. The van der Waals surface area contributed by atoms with Gasteiger partial charge < -0.3 is 10.6 Å². The lowest BCUT2D eigenvalue weighted by atomic mass is 9.95. The van der Waals surface area contributed by atoms with Gasteiger partial charge in [0.25, 0.3) is 0 Å². The van der Waals surface area contributed by atoms with Crippen LogP contribution in [-0.4, -0.2) is 75.4 Å². The minimum Gasteiger partial charge on any atom is -0.351 e. The van der Waals surface area contributed by atoms with Gasteiger partial charge in [0.1, 0.15) is 0 Å². The number of nitrogens with zero attached hydrogens (tertiary/aromatic N) is 2. The van der Waals surface area contributed by atoms with Crippen LogP contribution in [0.4, 0.5) is 0 Å². The van der Waals surface area contributed by atoms with Crippen LogP contribution in [0.1, 0.15) is 18.9 Å². The first-order valence-corrected chi connectivity index (χ1v) is 11.1. The van der Waals surface area contributed by atoms with E-state index >= 15 is 0 Å². The van der Waals surface area contributed by atoms with Crippen LogP contribution in [0.25, 0.3) is 0 Å². The zero-order chi connectivity index (χ0) is 19.4. The molecule has 2 atom stereocenters. The first kappa shape index (κ1) is 26.1. The SMILES string of the molecule is Cc1ccc(S(=O)(=O)N2CCN(CC(=O)NC3CNCCC3C)CC2)cc1.Cl.Cl. The summed E-state index contributed by atoms with van der Waals surface area (Å²) in [5.74, 6) is 0.497. The Morgan fingerprint density at radius 1 is 1.14 bits per heavy atom. The molecule has 0 saturated carbocycles. The van der Waals surface area contributed by atoms with Gasteiger partial charge in [-0.25, -0.2) is 8.42 Å². The topological polar surface area (TPSA) is 81.8 Å². The Balaban J connectivity index is 0.00000210. The number of piperazine rings is 1. The van der Waals surface area contributed by atoms with Crippen LogP contribution in [0.5, 0.6) is 0 Å². The average Bonchev–Trinajstić information content (AvgIpc) is 2.64. The molecule has 7 nitrogen and oxygen atoms in total. The maximum absolute atomic E-state index is 12.7. The molecule has 29 heavy (non-hydrogen) atoms. The quantitative estimate of drug-likeness (QED) is 0.682. The summed E-state index contributed by atoms with van der Waals surface area (Å²) in [6, 6.07) is 7.12. The summed E-state index contributed by atoms with van der Waals surface area (Å²) in [5.41, 5.74) is 1.03. The second-order valence-electron chi connectivity index (χ2n) is 7.64. The Hall–Kier alpha value is -0.900. The van der Waals surface area contributed by atoms with Gasteiger partial charge in [-0.15, -0.1) is 24.8 Å². The molecule has 3 rings (SSSR count). The Morgan fingerprint density at radius 2 is 1.76 bits per heavy atom. The lowest BCUT2D eigenvalue weighted by molar-refractivity contribution is -0.123. The van der Waals surface area contributed by atoms with E-state index in [9.17, 15) is 13.2 Å². The summed E-state index contributed by atoms with van der Waals surface area (Å²) in [7, 11) is -3.46. The van der Waals surface area contributed by atoms with Crippen molar-refractivity contribution in [2.45, 2.75) is 31.2 Å². The fourth-order valence-electron chi connectivity index (χ4n) is 3.63. The number of piperidine rings is 1. The number of sulfonamides is 1. The molecule has 1 amide bonds. The highest BCUT2D eigenvalue weighted by Gasteiger charge is 2.29. The predicted molar refractivity (Wildman–Crippen MR) is 119 cm³/mol. The maximum Gasteiger partial charge on any atom is 0.243 e. The van der Waals surface area contributed by atoms with E-state index in [0.29, 0.717) is 43.5 Å². The lowest BCUT2D eigenvalue weighted by Gasteiger charge is -2.35. The van der Waals surface area contributed by atoms with Gasteiger partial charge in [-0.2, -0.15) is 4.31 Å². The van der Waals surface area contributed by atoms with E-state index in [-0.39, 0.29) is 36.8 Å². The number of halogens is 2. The summed E-state index contributed by atoms with van der Waals surface area (Å²) in [4.78, 5) is 14.7. The fourth-order valence-corrected chi connectivity index (χ4v) is 5.05. The van der Waals surface area contributed by atoms with Crippen molar-refractivity contribution in [2.24, 2.45) is 5.92 Å². The third kappa shape index (κ3) is 6.80. The molecule has 2 N–H and O–H groups in total. The molecule has 0 spiro atoms. The Morgan fingerprint density at radius 3 is 2.34 bits per heavy atom.